The first-order chi connectivity index (χ1) is 9.22. The number of fused-ring (bicyclic) bond motifs is 1. The Kier molecular flexibility index (Phi) is 3.08. The van der Waals surface area contributed by atoms with E-state index in [1.165, 1.54) is 4.88 Å². The summed E-state index contributed by atoms with van der Waals surface area (Å²) in [6.07, 6.45) is 1.73. The lowest BCUT2D eigenvalue weighted by Gasteiger charge is -1.97. The number of aryl methyl sites for hydroxylation is 2. The summed E-state index contributed by atoms with van der Waals surface area (Å²) in [6.45, 7) is 4.31. The van der Waals surface area contributed by atoms with Crippen LogP contribution in [0.3, 0.4) is 0 Å². The van der Waals surface area contributed by atoms with E-state index in [2.05, 4.69) is 15.5 Å². The third-order valence-corrected chi connectivity index (χ3v) is 3.78. The number of anilines is 1. The predicted molar refractivity (Wildman–Crippen MR) is 75.4 cm³/mol. The van der Waals surface area contributed by atoms with Crippen molar-refractivity contribution in [3.8, 4) is 11.5 Å². The Morgan fingerprint density at radius 3 is 2.95 bits per heavy atom. The van der Waals surface area contributed by atoms with Crippen molar-refractivity contribution in [3.63, 3.8) is 0 Å². The molecule has 0 saturated carbocycles. The summed E-state index contributed by atoms with van der Waals surface area (Å²) in [4.78, 5) is 5.54. The second-order valence-electron chi connectivity index (χ2n) is 4.14. The zero-order valence-electron chi connectivity index (χ0n) is 10.6. The standard InChI is InChI=1S/C13H13N3O2S/c1-8-9(2)19-13(15-8)16-14-6-10-3-4-11-12(5-10)18-7-17-11/h3-6H,7H2,1-2H3,(H,15,16)/b14-6-. The Morgan fingerprint density at radius 1 is 1.32 bits per heavy atom. The van der Waals surface area contributed by atoms with Gasteiger partial charge in [-0.1, -0.05) is 0 Å². The Bertz CT molecular complexity index is 617. The van der Waals surface area contributed by atoms with E-state index in [-0.39, 0.29) is 6.79 Å². The highest BCUT2D eigenvalue weighted by Gasteiger charge is 2.12. The van der Waals surface area contributed by atoms with Gasteiger partial charge in [0, 0.05) is 4.88 Å². The van der Waals surface area contributed by atoms with E-state index in [1.807, 2.05) is 32.0 Å². The van der Waals surface area contributed by atoms with Crippen LogP contribution >= 0.6 is 11.3 Å². The molecule has 1 aliphatic rings. The van der Waals surface area contributed by atoms with E-state index in [0.717, 1.165) is 27.9 Å². The highest BCUT2D eigenvalue weighted by atomic mass is 32.1. The Labute approximate surface area is 114 Å². The third-order valence-electron chi connectivity index (χ3n) is 2.80. The smallest absolute Gasteiger partial charge is 0.231 e. The number of thiazole rings is 1. The van der Waals surface area contributed by atoms with Crippen molar-refractivity contribution in [2.75, 3.05) is 12.2 Å². The minimum absolute atomic E-state index is 0.284. The fourth-order valence-electron chi connectivity index (χ4n) is 1.68. The van der Waals surface area contributed by atoms with Gasteiger partial charge in [-0.3, -0.25) is 5.43 Å². The van der Waals surface area contributed by atoms with Gasteiger partial charge in [-0.2, -0.15) is 5.10 Å². The van der Waals surface area contributed by atoms with Crippen molar-refractivity contribution < 1.29 is 9.47 Å². The molecule has 19 heavy (non-hydrogen) atoms. The van der Waals surface area contributed by atoms with Crippen LogP contribution in [0, 0.1) is 13.8 Å². The quantitative estimate of drug-likeness (QED) is 0.691. The van der Waals surface area contributed by atoms with E-state index >= 15 is 0 Å². The first-order valence-corrected chi connectivity index (χ1v) is 6.67. The van der Waals surface area contributed by atoms with Gasteiger partial charge in [0.1, 0.15) is 0 Å². The second kappa shape index (κ2) is 4.89. The molecule has 0 spiro atoms. The summed E-state index contributed by atoms with van der Waals surface area (Å²) in [7, 11) is 0. The van der Waals surface area contributed by atoms with Crippen molar-refractivity contribution in [3.05, 3.63) is 34.3 Å². The average Bonchev–Trinajstić information content (AvgIpc) is 2.96. The van der Waals surface area contributed by atoms with Crippen LogP contribution in [0.5, 0.6) is 11.5 Å². The van der Waals surface area contributed by atoms with Gasteiger partial charge in [-0.25, -0.2) is 4.98 Å². The van der Waals surface area contributed by atoms with Crippen LogP contribution in [0.1, 0.15) is 16.1 Å². The number of hydrogen-bond acceptors (Lipinski definition) is 6. The van der Waals surface area contributed by atoms with Gasteiger partial charge in [-0.15, -0.1) is 11.3 Å². The molecule has 6 heteroatoms. The van der Waals surface area contributed by atoms with Gasteiger partial charge in [0.05, 0.1) is 11.9 Å². The molecule has 0 atom stereocenters. The van der Waals surface area contributed by atoms with Crippen LogP contribution in [0.15, 0.2) is 23.3 Å². The van der Waals surface area contributed by atoms with Crippen LogP contribution in [0.25, 0.3) is 0 Å². The van der Waals surface area contributed by atoms with Gasteiger partial charge in [-0.05, 0) is 37.6 Å². The molecule has 0 radical (unpaired) electrons. The van der Waals surface area contributed by atoms with Gasteiger partial charge in [0.2, 0.25) is 11.9 Å². The summed E-state index contributed by atoms with van der Waals surface area (Å²) >= 11 is 1.59. The molecule has 0 bridgehead atoms. The van der Waals surface area contributed by atoms with Crippen molar-refractivity contribution in [1.29, 1.82) is 0 Å². The topological polar surface area (TPSA) is 55.7 Å². The molecule has 1 aliphatic heterocycles. The van der Waals surface area contributed by atoms with E-state index in [9.17, 15) is 0 Å². The number of hydrogen-bond donors (Lipinski definition) is 1. The molecule has 0 unspecified atom stereocenters. The number of nitrogens with zero attached hydrogens (tertiary/aromatic N) is 2. The number of nitrogens with one attached hydrogen (secondary N) is 1. The molecule has 0 saturated heterocycles. The van der Waals surface area contributed by atoms with Gasteiger partial charge >= 0.3 is 0 Å². The largest absolute Gasteiger partial charge is 0.454 e. The molecule has 2 heterocycles. The van der Waals surface area contributed by atoms with Crippen LogP contribution in [0.2, 0.25) is 0 Å². The maximum absolute atomic E-state index is 5.31. The Hall–Kier alpha value is -2.08. The van der Waals surface area contributed by atoms with E-state index in [1.54, 1.807) is 17.6 Å². The predicted octanol–water partition coefficient (Wildman–Crippen LogP) is 2.93. The minimum Gasteiger partial charge on any atom is -0.454 e. The Morgan fingerprint density at radius 2 is 2.16 bits per heavy atom. The van der Waals surface area contributed by atoms with Gasteiger partial charge < -0.3 is 9.47 Å². The molecule has 2 aromatic rings. The van der Waals surface area contributed by atoms with E-state index < -0.39 is 0 Å². The molecule has 1 N–H and O–H groups in total. The maximum atomic E-state index is 5.31. The SMILES string of the molecule is Cc1nc(N/N=C\c2ccc3c(c2)OCO3)sc1C. The summed E-state index contributed by atoms with van der Waals surface area (Å²) in [6, 6.07) is 5.70. The minimum atomic E-state index is 0.284. The molecule has 1 aromatic carbocycles. The molecule has 5 nitrogen and oxygen atoms in total. The van der Waals surface area contributed by atoms with Crippen molar-refractivity contribution in [2.24, 2.45) is 5.10 Å². The number of ether oxygens (including phenoxy) is 2. The maximum Gasteiger partial charge on any atom is 0.231 e. The lowest BCUT2D eigenvalue weighted by atomic mass is 10.2. The molecule has 3 rings (SSSR count). The van der Waals surface area contributed by atoms with Gasteiger partial charge in [0.25, 0.3) is 0 Å². The number of hydrazone groups is 1. The molecule has 0 aliphatic carbocycles. The lowest BCUT2D eigenvalue weighted by Crippen LogP contribution is -1.93. The Balaban J connectivity index is 1.69. The fraction of sp³-hybridized carbons (Fsp3) is 0.231. The third kappa shape index (κ3) is 2.53. The summed E-state index contributed by atoms with van der Waals surface area (Å²) in [5.74, 6) is 1.53. The van der Waals surface area contributed by atoms with Crippen LogP contribution in [-0.4, -0.2) is 18.0 Å². The van der Waals surface area contributed by atoms with E-state index in [0.29, 0.717) is 0 Å². The summed E-state index contributed by atoms with van der Waals surface area (Å²) in [5, 5.41) is 4.97. The highest BCUT2D eigenvalue weighted by Crippen LogP contribution is 2.32. The highest BCUT2D eigenvalue weighted by molar-refractivity contribution is 7.15. The van der Waals surface area contributed by atoms with Crippen LogP contribution < -0.4 is 14.9 Å². The number of benzene rings is 1. The number of rotatable bonds is 3. The number of aromatic nitrogens is 1. The van der Waals surface area contributed by atoms with E-state index in [4.69, 9.17) is 9.47 Å². The first-order valence-electron chi connectivity index (χ1n) is 5.85. The molecular weight excluding hydrogens is 262 g/mol. The summed E-state index contributed by atoms with van der Waals surface area (Å²) < 4.78 is 10.6. The average molecular weight is 275 g/mol. The fourth-order valence-corrected chi connectivity index (χ4v) is 2.44. The molecule has 0 amide bonds. The zero-order chi connectivity index (χ0) is 13.2. The molecule has 1 aromatic heterocycles. The van der Waals surface area contributed by atoms with Crippen LogP contribution in [0.4, 0.5) is 5.13 Å². The molecule has 0 fully saturated rings. The lowest BCUT2D eigenvalue weighted by molar-refractivity contribution is 0.174. The molecular formula is C13H13N3O2S. The normalized spacial score (nSPS) is 13.2. The van der Waals surface area contributed by atoms with Gasteiger partial charge in [0.15, 0.2) is 11.5 Å². The van der Waals surface area contributed by atoms with Crippen LogP contribution in [-0.2, 0) is 0 Å². The first kappa shape index (κ1) is 12.0. The van der Waals surface area contributed by atoms with Crippen molar-refractivity contribution >= 4 is 22.7 Å². The second-order valence-corrected chi connectivity index (χ2v) is 5.35. The summed E-state index contributed by atoms with van der Waals surface area (Å²) in [5.41, 5.74) is 4.91. The van der Waals surface area contributed by atoms with Crippen molar-refractivity contribution in [1.82, 2.24) is 4.98 Å². The monoisotopic (exact) mass is 275 g/mol. The molecule has 98 valence electrons. The van der Waals surface area contributed by atoms with Crippen molar-refractivity contribution in [2.45, 2.75) is 13.8 Å². The zero-order valence-corrected chi connectivity index (χ0v) is 11.5.